The van der Waals surface area contributed by atoms with Gasteiger partial charge in [0, 0.05) is 5.41 Å². The summed E-state index contributed by atoms with van der Waals surface area (Å²) in [5, 5.41) is 12.8. The third-order valence-corrected chi connectivity index (χ3v) is 12.0. The van der Waals surface area contributed by atoms with Crippen LogP contribution in [0.15, 0.2) is 182 Å². The van der Waals surface area contributed by atoms with Gasteiger partial charge < -0.3 is 0 Å². The first-order valence-electron chi connectivity index (χ1n) is 18.7. The summed E-state index contributed by atoms with van der Waals surface area (Å²) < 4.78 is 0. The standard InChI is InChI=1S/C53H36/c1-53(2)48-24-10-9-17-41(48)43-23-12-15-36-30-39(32-49(53)51(36)43)35-27-25-33-26-28-37(31-38(33)29-35)50-44-18-5-7-20-46(44)52(47-21-8-6-19-45(47)50)42-22-11-14-34-13-3-4-16-40(34)42/h3-32H,1-2H3. The molecule has 53 heavy (non-hydrogen) atoms. The van der Waals surface area contributed by atoms with Crippen LogP contribution in [0.4, 0.5) is 0 Å². The lowest BCUT2D eigenvalue weighted by Gasteiger charge is -2.35. The normalized spacial score (nSPS) is 13.2. The Kier molecular flexibility index (Phi) is 6.40. The molecule has 0 unspecified atom stereocenters. The molecular formula is C53H36. The second-order valence-corrected chi connectivity index (χ2v) is 15.2. The van der Waals surface area contributed by atoms with E-state index >= 15 is 0 Å². The summed E-state index contributed by atoms with van der Waals surface area (Å²) in [5.74, 6) is 0. The van der Waals surface area contributed by atoms with Gasteiger partial charge in [0.1, 0.15) is 0 Å². The minimum atomic E-state index is -0.108. The first-order valence-corrected chi connectivity index (χ1v) is 18.7. The number of hydrogen-bond donors (Lipinski definition) is 0. The van der Waals surface area contributed by atoms with Gasteiger partial charge in [-0.25, -0.2) is 0 Å². The molecule has 1 aliphatic rings. The van der Waals surface area contributed by atoms with Crippen LogP contribution in [0.2, 0.25) is 0 Å². The van der Waals surface area contributed by atoms with Crippen LogP contribution in [0.1, 0.15) is 25.0 Å². The van der Waals surface area contributed by atoms with Crippen molar-refractivity contribution >= 4 is 53.9 Å². The lowest BCUT2D eigenvalue weighted by molar-refractivity contribution is 0.645. The minimum Gasteiger partial charge on any atom is -0.0619 e. The average Bonchev–Trinajstić information content (AvgIpc) is 3.21. The van der Waals surface area contributed by atoms with E-state index in [4.69, 9.17) is 0 Å². The molecule has 0 aromatic heterocycles. The van der Waals surface area contributed by atoms with Crippen LogP contribution in [-0.4, -0.2) is 0 Å². The number of fused-ring (bicyclic) bond motifs is 6. The maximum absolute atomic E-state index is 2.46. The van der Waals surface area contributed by atoms with Crippen LogP contribution in [0.5, 0.6) is 0 Å². The highest BCUT2D eigenvalue weighted by atomic mass is 14.4. The van der Waals surface area contributed by atoms with E-state index in [9.17, 15) is 0 Å². The van der Waals surface area contributed by atoms with E-state index in [2.05, 4.69) is 196 Å². The van der Waals surface area contributed by atoms with Gasteiger partial charge in [0.15, 0.2) is 0 Å². The number of hydrogen-bond acceptors (Lipinski definition) is 0. The molecule has 0 atom stereocenters. The first kappa shape index (κ1) is 30.2. The van der Waals surface area contributed by atoms with E-state index in [0.717, 1.165) is 0 Å². The molecule has 10 aromatic carbocycles. The van der Waals surface area contributed by atoms with Gasteiger partial charge in [-0.2, -0.15) is 0 Å². The van der Waals surface area contributed by atoms with E-state index in [0.29, 0.717) is 0 Å². The van der Waals surface area contributed by atoms with Crippen molar-refractivity contribution in [3.05, 3.63) is 193 Å². The zero-order valence-corrected chi connectivity index (χ0v) is 29.8. The molecule has 0 saturated heterocycles. The van der Waals surface area contributed by atoms with Gasteiger partial charge in [0.05, 0.1) is 0 Å². The molecule has 0 heteroatoms. The quantitative estimate of drug-likeness (QED) is 0.164. The van der Waals surface area contributed by atoms with Gasteiger partial charge in [-0.05, 0) is 134 Å². The maximum atomic E-state index is 2.46. The highest BCUT2D eigenvalue weighted by molar-refractivity contribution is 6.23. The van der Waals surface area contributed by atoms with E-state index in [1.54, 1.807) is 0 Å². The molecule has 0 nitrogen and oxygen atoms in total. The van der Waals surface area contributed by atoms with E-state index in [1.807, 2.05) is 0 Å². The molecule has 248 valence electrons. The van der Waals surface area contributed by atoms with Crippen molar-refractivity contribution in [2.24, 2.45) is 0 Å². The van der Waals surface area contributed by atoms with Crippen molar-refractivity contribution in [3.8, 4) is 44.5 Å². The van der Waals surface area contributed by atoms with Crippen LogP contribution < -0.4 is 0 Å². The Morgan fingerprint density at radius 3 is 1.58 bits per heavy atom. The van der Waals surface area contributed by atoms with Gasteiger partial charge in [-0.1, -0.05) is 172 Å². The molecule has 0 aliphatic heterocycles. The molecule has 0 fully saturated rings. The topological polar surface area (TPSA) is 0 Å². The molecular weight excluding hydrogens is 637 g/mol. The van der Waals surface area contributed by atoms with E-state index in [-0.39, 0.29) is 5.41 Å². The fraction of sp³-hybridized carbons (Fsp3) is 0.0566. The second-order valence-electron chi connectivity index (χ2n) is 15.2. The zero-order valence-electron chi connectivity index (χ0n) is 29.8. The minimum absolute atomic E-state index is 0.108. The lowest BCUT2D eigenvalue weighted by Crippen LogP contribution is -2.23. The second kappa shape index (κ2) is 11.2. The monoisotopic (exact) mass is 672 g/mol. The molecule has 0 amide bonds. The number of benzene rings is 10. The Hall–Kier alpha value is -6.50. The number of rotatable bonds is 3. The van der Waals surface area contributed by atoms with Gasteiger partial charge in [0.2, 0.25) is 0 Å². The van der Waals surface area contributed by atoms with Crippen molar-refractivity contribution in [1.82, 2.24) is 0 Å². The molecule has 1 aliphatic carbocycles. The fourth-order valence-electron chi connectivity index (χ4n) is 9.47. The molecule has 10 aromatic rings. The molecule has 11 rings (SSSR count). The SMILES string of the molecule is CC1(C)c2ccccc2-c2cccc3cc(-c4ccc5ccc(-c6c7ccccc7c(-c7cccc8ccccc78)c7ccccc67)cc5c4)cc1c23. The van der Waals surface area contributed by atoms with Crippen LogP contribution >= 0.6 is 0 Å². The summed E-state index contributed by atoms with van der Waals surface area (Å²) in [4.78, 5) is 0. The molecule has 0 spiro atoms. The summed E-state index contributed by atoms with van der Waals surface area (Å²) in [6.45, 7) is 4.76. The summed E-state index contributed by atoms with van der Waals surface area (Å²) >= 11 is 0. The van der Waals surface area contributed by atoms with Crippen LogP contribution in [0.3, 0.4) is 0 Å². The van der Waals surface area contributed by atoms with Crippen molar-refractivity contribution in [2.75, 3.05) is 0 Å². The Morgan fingerprint density at radius 2 is 0.830 bits per heavy atom. The molecule has 0 heterocycles. The smallest absolute Gasteiger partial charge is 0.0159 e. The first-order chi connectivity index (χ1) is 26.0. The highest BCUT2D eigenvalue weighted by Crippen LogP contribution is 2.50. The molecule has 0 saturated carbocycles. The van der Waals surface area contributed by atoms with Crippen molar-refractivity contribution < 1.29 is 0 Å². The Morgan fingerprint density at radius 1 is 0.302 bits per heavy atom. The third kappa shape index (κ3) is 4.42. The third-order valence-electron chi connectivity index (χ3n) is 12.0. The Labute approximate surface area is 309 Å². The molecule has 0 bridgehead atoms. The van der Waals surface area contributed by atoms with Gasteiger partial charge in [-0.3, -0.25) is 0 Å². The highest BCUT2D eigenvalue weighted by Gasteiger charge is 2.33. The summed E-state index contributed by atoms with van der Waals surface area (Å²) in [7, 11) is 0. The fourth-order valence-corrected chi connectivity index (χ4v) is 9.47. The predicted molar refractivity (Wildman–Crippen MR) is 228 cm³/mol. The van der Waals surface area contributed by atoms with Crippen LogP contribution in [-0.2, 0) is 5.41 Å². The van der Waals surface area contributed by atoms with Gasteiger partial charge in [-0.15, -0.1) is 0 Å². The van der Waals surface area contributed by atoms with E-state index < -0.39 is 0 Å². The van der Waals surface area contributed by atoms with Crippen LogP contribution in [0, 0.1) is 0 Å². The Bertz CT molecular complexity index is 3080. The maximum Gasteiger partial charge on any atom is 0.0159 e. The van der Waals surface area contributed by atoms with Gasteiger partial charge >= 0.3 is 0 Å². The summed E-state index contributed by atoms with van der Waals surface area (Å²) in [6.07, 6.45) is 0. The summed E-state index contributed by atoms with van der Waals surface area (Å²) in [6, 6.07) is 68.0. The molecule has 0 N–H and O–H groups in total. The molecule has 0 radical (unpaired) electrons. The van der Waals surface area contributed by atoms with Crippen molar-refractivity contribution in [3.63, 3.8) is 0 Å². The van der Waals surface area contributed by atoms with Gasteiger partial charge in [0.25, 0.3) is 0 Å². The largest absolute Gasteiger partial charge is 0.0619 e. The summed E-state index contributed by atoms with van der Waals surface area (Å²) in [5.41, 5.74) is 13.0. The Balaban J connectivity index is 1.12. The van der Waals surface area contributed by atoms with Crippen LogP contribution in [0.25, 0.3) is 98.4 Å². The van der Waals surface area contributed by atoms with Crippen molar-refractivity contribution in [2.45, 2.75) is 19.3 Å². The van der Waals surface area contributed by atoms with Crippen molar-refractivity contribution in [1.29, 1.82) is 0 Å². The average molecular weight is 673 g/mol. The zero-order chi connectivity index (χ0) is 35.3. The lowest BCUT2D eigenvalue weighted by atomic mass is 9.68. The van der Waals surface area contributed by atoms with E-state index in [1.165, 1.54) is 109 Å². The predicted octanol–water partition coefficient (Wildman–Crippen LogP) is 14.8.